The number of hydrogen-bond acceptors (Lipinski definition) is 3. The molecule has 0 bridgehead atoms. The molecule has 110 valence electrons. The van der Waals surface area contributed by atoms with Crippen molar-refractivity contribution in [2.75, 3.05) is 13.6 Å². The zero-order chi connectivity index (χ0) is 14.8. The van der Waals surface area contributed by atoms with E-state index in [0.29, 0.717) is 12.6 Å². The summed E-state index contributed by atoms with van der Waals surface area (Å²) in [6, 6.07) is 10.6. The van der Waals surface area contributed by atoms with Gasteiger partial charge in [-0.2, -0.15) is 0 Å². The summed E-state index contributed by atoms with van der Waals surface area (Å²) in [5, 5.41) is 3.41. The number of carbonyl (C=O) groups is 1. The molecule has 0 aromatic heterocycles. The van der Waals surface area contributed by atoms with Gasteiger partial charge in [-0.15, -0.1) is 0 Å². The van der Waals surface area contributed by atoms with E-state index in [1.807, 2.05) is 44.2 Å². The summed E-state index contributed by atoms with van der Waals surface area (Å²) >= 11 is 0. The molecule has 1 aromatic rings. The highest BCUT2D eigenvalue weighted by molar-refractivity contribution is 5.86. The molecule has 20 heavy (non-hydrogen) atoms. The first kappa shape index (κ1) is 15.0. The van der Waals surface area contributed by atoms with Gasteiger partial charge in [0.1, 0.15) is 5.54 Å². The van der Waals surface area contributed by atoms with Gasteiger partial charge in [-0.3, -0.25) is 10.1 Å². The van der Waals surface area contributed by atoms with Gasteiger partial charge in [0.25, 0.3) is 0 Å². The lowest BCUT2D eigenvalue weighted by atomic mass is 9.87. The number of amides is 1. The molecule has 0 aliphatic heterocycles. The fourth-order valence-corrected chi connectivity index (χ4v) is 2.75. The minimum atomic E-state index is -0.827. The average Bonchev–Trinajstić information content (AvgIpc) is 3.22. The molecule has 4 nitrogen and oxygen atoms in total. The maximum atomic E-state index is 12.3. The van der Waals surface area contributed by atoms with Gasteiger partial charge in [0.05, 0.1) is 0 Å². The summed E-state index contributed by atoms with van der Waals surface area (Å²) in [7, 11) is 2.07. The molecule has 1 aliphatic carbocycles. The third-order valence-corrected chi connectivity index (χ3v) is 3.88. The molecule has 1 aromatic carbocycles. The molecular weight excluding hydrogens is 250 g/mol. The van der Waals surface area contributed by atoms with E-state index in [1.54, 1.807) is 0 Å². The highest BCUT2D eigenvalue weighted by Gasteiger charge is 2.42. The van der Waals surface area contributed by atoms with Crippen molar-refractivity contribution in [1.82, 2.24) is 10.2 Å². The molecule has 1 unspecified atom stereocenters. The van der Waals surface area contributed by atoms with E-state index in [9.17, 15) is 4.79 Å². The van der Waals surface area contributed by atoms with Crippen molar-refractivity contribution in [3.63, 3.8) is 0 Å². The first-order chi connectivity index (χ1) is 9.45. The monoisotopic (exact) mass is 275 g/mol. The Morgan fingerprint density at radius 2 is 2.00 bits per heavy atom. The Morgan fingerprint density at radius 3 is 2.45 bits per heavy atom. The highest BCUT2D eigenvalue weighted by atomic mass is 16.1. The summed E-state index contributed by atoms with van der Waals surface area (Å²) in [6.07, 6.45) is 2.42. The number of primary amides is 1. The van der Waals surface area contributed by atoms with Crippen LogP contribution in [0.15, 0.2) is 30.3 Å². The SMILES string of the molecule is CC(C)NC(CN(C)C1CC1)(C(N)=O)c1ccccc1. The minimum absolute atomic E-state index is 0.176. The van der Waals surface area contributed by atoms with Crippen molar-refractivity contribution in [1.29, 1.82) is 0 Å². The largest absolute Gasteiger partial charge is 0.368 e. The zero-order valence-corrected chi connectivity index (χ0v) is 12.6. The number of nitrogens with zero attached hydrogens (tertiary/aromatic N) is 1. The topological polar surface area (TPSA) is 58.4 Å². The molecule has 1 fully saturated rings. The van der Waals surface area contributed by atoms with Crippen LogP contribution in [-0.2, 0) is 10.3 Å². The fraction of sp³-hybridized carbons (Fsp3) is 0.562. The lowest BCUT2D eigenvalue weighted by Gasteiger charge is -2.37. The summed E-state index contributed by atoms with van der Waals surface area (Å²) in [4.78, 5) is 14.5. The van der Waals surface area contributed by atoms with Gasteiger partial charge < -0.3 is 10.6 Å². The predicted molar refractivity (Wildman–Crippen MR) is 81.2 cm³/mol. The van der Waals surface area contributed by atoms with Crippen molar-refractivity contribution in [3.8, 4) is 0 Å². The van der Waals surface area contributed by atoms with Crippen LogP contribution in [-0.4, -0.2) is 36.5 Å². The molecule has 0 heterocycles. The molecule has 1 amide bonds. The van der Waals surface area contributed by atoms with E-state index in [1.165, 1.54) is 12.8 Å². The highest BCUT2D eigenvalue weighted by Crippen LogP contribution is 2.30. The zero-order valence-electron chi connectivity index (χ0n) is 12.6. The Bertz CT molecular complexity index is 456. The number of likely N-dealkylation sites (N-methyl/N-ethyl adjacent to an activating group) is 1. The average molecular weight is 275 g/mol. The standard InChI is InChI=1S/C16H25N3O/c1-12(2)18-16(15(17)20,11-19(3)14-9-10-14)13-7-5-4-6-8-13/h4-8,12,14,18H,9-11H2,1-3H3,(H2,17,20). The number of rotatable bonds is 7. The van der Waals surface area contributed by atoms with E-state index in [-0.39, 0.29) is 11.9 Å². The van der Waals surface area contributed by atoms with Crippen LogP contribution in [0, 0.1) is 0 Å². The second-order valence-electron chi connectivity index (χ2n) is 6.08. The molecular formula is C16H25N3O. The van der Waals surface area contributed by atoms with Crippen LogP contribution in [0.1, 0.15) is 32.3 Å². The summed E-state index contributed by atoms with van der Waals surface area (Å²) < 4.78 is 0. The molecule has 0 spiro atoms. The van der Waals surface area contributed by atoms with Crippen LogP contribution in [0.5, 0.6) is 0 Å². The number of benzene rings is 1. The van der Waals surface area contributed by atoms with E-state index >= 15 is 0 Å². The van der Waals surface area contributed by atoms with E-state index in [4.69, 9.17) is 5.73 Å². The first-order valence-corrected chi connectivity index (χ1v) is 7.29. The van der Waals surface area contributed by atoms with Crippen molar-refractivity contribution in [2.45, 2.75) is 44.3 Å². The Balaban J connectivity index is 2.35. The number of nitrogens with one attached hydrogen (secondary N) is 1. The van der Waals surface area contributed by atoms with Gasteiger partial charge in [0.15, 0.2) is 0 Å². The van der Waals surface area contributed by atoms with Crippen molar-refractivity contribution in [3.05, 3.63) is 35.9 Å². The second-order valence-corrected chi connectivity index (χ2v) is 6.08. The molecule has 0 radical (unpaired) electrons. The normalized spacial score (nSPS) is 18.2. The minimum Gasteiger partial charge on any atom is -0.368 e. The maximum absolute atomic E-state index is 12.3. The molecule has 2 rings (SSSR count). The first-order valence-electron chi connectivity index (χ1n) is 7.29. The molecule has 1 saturated carbocycles. The van der Waals surface area contributed by atoms with Crippen molar-refractivity contribution < 1.29 is 4.79 Å². The number of carbonyl (C=O) groups excluding carboxylic acids is 1. The van der Waals surface area contributed by atoms with E-state index in [2.05, 4.69) is 17.3 Å². The number of nitrogens with two attached hydrogens (primary N) is 1. The van der Waals surface area contributed by atoms with Crippen LogP contribution in [0.3, 0.4) is 0 Å². The van der Waals surface area contributed by atoms with Gasteiger partial charge in [-0.05, 0) is 39.3 Å². The fourth-order valence-electron chi connectivity index (χ4n) is 2.75. The molecule has 1 aliphatic rings. The lowest BCUT2D eigenvalue weighted by Crippen LogP contribution is -2.60. The van der Waals surface area contributed by atoms with E-state index in [0.717, 1.165) is 5.56 Å². The van der Waals surface area contributed by atoms with Crippen LogP contribution in [0.25, 0.3) is 0 Å². The van der Waals surface area contributed by atoms with Crippen molar-refractivity contribution in [2.24, 2.45) is 5.73 Å². The van der Waals surface area contributed by atoms with Crippen molar-refractivity contribution >= 4 is 5.91 Å². The van der Waals surface area contributed by atoms with E-state index < -0.39 is 5.54 Å². The predicted octanol–water partition coefficient (Wildman–Crippen LogP) is 1.46. The van der Waals surface area contributed by atoms with Crippen LogP contribution < -0.4 is 11.1 Å². The summed E-state index contributed by atoms with van der Waals surface area (Å²) in [5.41, 5.74) is 5.90. The molecule has 3 N–H and O–H groups in total. The molecule has 1 atom stereocenters. The molecule has 4 heteroatoms. The molecule has 0 saturated heterocycles. The van der Waals surface area contributed by atoms with Crippen LogP contribution >= 0.6 is 0 Å². The Morgan fingerprint density at radius 1 is 1.40 bits per heavy atom. The summed E-state index contributed by atoms with van der Waals surface area (Å²) in [6.45, 7) is 4.69. The third-order valence-electron chi connectivity index (χ3n) is 3.88. The maximum Gasteiger partial charge on any atom is 0.243 e. The second kappa shape index (κ2) is 5.94. The Hall–Kier alpha value is -1.39. The Labute approximate surface area is 121 Å². The van der Waals surface area contributed by atoms with Gasteiger partial charge in [-0.1, -0.05) is 30.3 Å². The van der Waals surface area contributed by atoms with Gasteiger partial charge in [-0.25, -0.2) is 0 Å². The number of hydrogen-bond donors (Lipinski definition) is 2. The Kier molecular flexibility index (Phi) is 4.45. The van der Waals surface area contributed by atoms with Gasteiger partial charge in [0.2, 0.25) is 5.91 Å². The lowest BCUT2D eigenvalue weighted by molar-refractivity contribution is -0.126. The smallest absolute Gasteiger partial charge is 0.243 e. The van der Waals surface area contributed by atoms with Gasteiger partial charge >= 0.3 is 0 Å². The summed E-state index contributed by atoms with van der Waals surface area (Å²) in [5.74, 6) is -0.315. The third kappa shape index (κ3) is 3.19. The quantitative estimate of drug-likeness (QED) is 0.792. The van der Waals surface area contributed by atoms with Gasteiger partial charge in [0, 0.05) is 18.6 Å². The van der Waals surface area contributed by atoms with Crippen LogP contribution in [0.4, 0.5) is 0 Å². The van der Waals surface area contributed by atoms with Crippen LogP contribution in [0.2, 0.25) is 0 Å².